The van der Waals surface area contributed by atoms with E-state index < -0.39 is 0 Å². The molecular formula is C25H39N5O2. The van der Waals surface area contributed by atoms with Crippen molar-refractivity contribution in [3.63, 3.8) is 0 Å². The quantitative estimate of drug-likeness (QED) is 0.521. The van der Waals surface area contributed by atoms with E-state index in [0.717, 1.165) is 88.8 Å². The second-order valence-electron chi connectivity index (χ2n) is 9.18. The van der Waals surface area contributed by atoms with E-state index in [2.05, 4.69) is 47.2 Å². The summed E-state index contributed by atoms with van der Waals surface area (Å²) in [5, 5.41) is 3.46. The first-order chi connectivity index (χ1) is 15.7. The van der Waals surface area contributed by atoms with Crippen LogP contribution in [0.4, 0.5) is 0 Å². The first kappa shape index (κ1) is 22.9. The fourth-order valence-electron chi connectivity index (χ4n) is 4.68. The van der Waals surface area contributed by atoms with E-state index in [-0.39, 0.29) is 6.04 Å². The summed E-state index contributed by atoms with van der Waals surface area (Å²) in [6.45, 7) is 11.0. The van der Waals surface area contributed by atoms with Gasteiger partial charge in [0.1, 0.15) is 5.75 Å². The number of nitrogens with one attached hydrogen (secondary N) is 1. The summed E-state index contributed by atoms with van der Waals surface area (Å²) in [6, 6.07) is 8.24. The number of para-hydroxylation sites is 1. The maximum absolute atomic E-state index is 12.8. The molecule has 7 nitrogen and oxygen atoms in total. The van der Waals surface area contributed by atoms with Crippen molar-refractivity contribution in [1.29, 1.82) is 0 Å². The number of ether oxygens (including phenoxy) is 1. The van der Waals surface area contributed by atoms with Gasteiger partial charge < -0.3 is 19.9 Å². The first-order valence-corrected chi connectivity index (χ1v) is 12.5. The van der Waals surface area contributed by atoms with Crippen LogP contribution in [-0.2, 0) is 11.3 Å². The Morgan fingerprint density at radius 3 is 2.44 bits per heavy atom. The van der Waals surface area contributed by atoms with Crippen LogP contribution in [0.25, 0.3) is 0 Å². The molecule has 2 heterocycles. The molecule has 1 N–H and O–H groups in total. The summed E-state index contributed by atoms with van der Waals surface area (Å²) < 4.78 is 6.18. The monoisotopic (exact) mass is 441 g/mol. The zero-order valence-electron chi connectivity index (χ0n) is 19.8. The zero-order valence-corrected chi connectivity index (χ0v) is 19.8. The minimum atomic E-state index is -0.0368. The van der Waals surface area contributed by atoms with Gasteiger partial charge in [0.05, 0.1) is 18.7 Å². The number of carbonyl (C=O) groups is 1. The fraction of sp³-hybridized carbons (Fsp3) is 0.680. The lowest BCUT2D eigenvalue weighted by molar-refractivity contribution is -0.135. The molecule has 3 aliphatic rings. The molecule has 0 bridgehead atoms. The van der Waals surface area contributed by atoms with Gasteiger partial charge in [-0.2, -0.15) is 0 Å². The predicted molar refractivity (Wildman–Crippen MR) is 128 cm³/mol. The van der Waals surface area contributed by atoms with Crippen LogP contribution in [-0.4, -0.2) is 84.5 Å². The van der Waals surface area contributed by atoms with Gasteiger partial charge in [0.15, 0.2) is 5.96 Å². The van der Waals surface area contributed by atoms with E-state index in [4.69, 9.17) is 9.73 Å². The lowest BCUT2D eigenvalue weighted by Gasteiger charge is -2.39. The highest BCUT2D eigenvalue weighted by molar-refractivity contribution is 5.82. The molecule has 7 heteroatoms. The molecule has 1 atom stereocenters. The maximum atomic E-state index is 12.8. The van der Waals surface area contributed by atoms with Crippen LogP contribution in [0.15, 0.2) is 29.3 Å². The largest absolute Gasteiger partial charge is 0.490 e. The predicted octanol–water partition coefficient (Wildman–Crippen LogP) is 2.71. The third kappa shape index (κ3) is 5.55. The molecule has 1 unspecified atom stereocenters. The van der Waals surface area contributed by atoms with E-state index in [1.165, 1.54) is 6.42 Å². The third-order valence-corrected chi connectivity index (χ3v) is 6.99. The van der Waals surface area contributed by atoms with Gasteiger partial charge in [0, 0.05) is 51.4 Å². The smallest absolute Gasteiger partial charge is 0.239 e. The Morgan fingerprint density at radius 1 is 1.06 bits per heavy atom. The minimum Gasteiger partial charge on any atom is -0.490 e. The molecule has 1 saturated carbocycles. The number of carbonyl (C=O) groups excluding carboxylic acids is 1. The van der Waals surface area contributed by atoms with Crippen molar-refractivity contribution in [3.8, 4) is 5.75 Å². The van der Waals surface area contributed by atoms with Crippen LogP contribution in [0, 0.1) is 0 Å². The second-order valence-corrected chi connectivity index (χ2v) is 9.18. The van der Waals surface area contributed by atoms with Crippen LogP contribution in [0.2, 0.25) is 0 Å². The SMILES string of the molecule is CCNC(=NCc1ccccc1OC1CCC1)N1CCN(C(C)C(=O)N2CCCC2)CC1. The van der Waals surface area contributed by atoms with Crippen molar-refractivity contribution in [3.05, 3.63) is 29.8 Å². The molecule has 2 aliphatic heterocycles. The topological polar surface area (TPSA) is 60.4 Å². The Bertz CT molecular complexity index is 780. The minimum absolute atomic E-state index is 0.0368. The average molecular weight is 442 g/mol. The molecular weight excluding hydrogens is 402 g/mol. The highest BCUT2D eigenvalue weighted by Crippen LogP contribution is 2.28. The number of hydrogen-bond acceptors (Lipinski definition) is 4. The average Bonchev–Trinajstić information content (AvgIpc) is 3.34. The van der Waals surface area contributed by atoms with Crippen LogP contribution < -0.4 is 10.1 Å². The van der Waals surface area contributed by atoms with Gasteiger partial charge in [0.25, 0.3) is 0 Å². The molecule has 3 fully saturated rings. The number of hydrogen-bond donors (Lipinski definition) is 1. The normalized spacial score (nSPS) is 21.4. The standard InChI is InChI=1S/C25H39N5O2/c1-3-26-25(27-19-21-9-4-5-12-23(21)32-22-10-8-11-22)30-17-15-28(16-18-30)20(2)24(31)29-13-6-7-14-29/h4-5,9,12,20,22H,3,6-8,10-11,13-19H2,1-2H3,(H,26,27). The lowest BCUT2D eigenvalue weighted by atomic mass is 9.96. The summed E-state index contributed by atoms with van der Waals surface area (Å²) in [6.07, 6.45) is 6.23. The number of nitrogens with zero attached hydrogens (tertiary/aromatic N) is 4. The van der Waals surface area contributed by atoms with Crippen LogP contribution in [0.3, 0.4) is 0 Å². The van der Waals surface area contributed by atoms with Crippen molar-refractivity contribution in [2.45, 2.75) is 64.6 Å². The highest BCUT2D eigenvalue weighted by Gasteiger charge is 2.30. The number of amides is 1. The van der Waals surface area contributed by atoms with Gasteiger partial charge in [-0.25, -0.2) is 4.99 Å². The molecule has 1 aromatic carbocycles. The van der Waals surface area contributed by atoms with Crippen molar-refractivity contribution in [2.24, 2.45) is 4.99 Å². The van der Waals surface area contributed by atoms with Crippen LogP contribution in [0.1, 0.15) is 51.5 Å². The zero-order chi connectivity index (χ0) is 22.3. The van der Waals surface area contributed by atoms with E-state index in [9.17, 15) is 4.79 Å². The molecule has 4 rings (SSSR count). The lowest BCUT2D eigenvalue weighted by Crippen LogP contribution is -2.57. The highest BCUT2D eigenvalue weighted by atomic mass is 16.5. The molecule has 176 valence electrons. The van der Waals surface area contributed by atoms with Crippen LogP contribution in [0.5, 0.6) is 5.75 Å². The number of piperazine rings is 1. The molecule has 1 amide bonds. The second kappa shape index (κ2) is 11.0. The van der Waals surface area contributed by atoms with E-state index in [1.807, 2.05) is 11.0 Å². The van der Waals surface area contributed by atoms with Crippen molar-refractivity contribution in [1.82, 2.24) is 20.0 Å². The maximum Gasteiger partial charge on any atom is 0.239 e. The molecule has 0 spiro atoms. The number of guanidine groups is 1. The molecule has 0 aromatic heterocycles. The Balaban J connectivity index is 1.34. The van der Waals surface area contributed by atoms with Gasteiger partial charge in [-0.3, -0.25) is 9.69 Å². The van der Waals surface area contributed by atoms with Crippen molar-refractivity contribution >= 4 is 11.9 Å². The summed E-state index contributed by atoms with van der Waals surface area (Å²) >= 11 is 0. The van der Waals surface area contributed by atoms with Gasteiger partial charge in [-0.05, 0) is 52.0 Å². The summed E-state index contributed by atoms with van der Waals surface area (Å²) in [5.41, 5.74) is 1.14. The molecule has 0 radical (unpaired) electrons. The molecule has 32 heavy (non-hydrogen) atoms. The Kier molecular flexibility index (Phi) is 7.90. The Hall–Kier alpha value is -2.28. The number of likely N-dealkylation sites (tertiary alicyclic amines) is 1. The molecule has 1 aromatic rings. The summed E-state index contributed by atoms with van der Waals surface area (Å²) in [7, 11) is 0. The van der Waals surface area contributed by atoms with Gasteiger partial charge in [-0.15, -0.1) is 0 Å². The first-order valence-electron chi connectivity index (χ1n) is 12.5. The number of aliphatic imine (C=N–C) groups is 1. The van der Waals surface area contributed by atoms with E-state index in [0.29, 0.717) is 18.6 Å². The van der Waals surface area contributed by atoms with Gasteiger partial charge >= 0.3 is 0 Å². The van der Waals surface area contributed by atoms with Crippen molar-refractivity contribution in [2.75, 3.05) is 45.8 Å². The van der Waals surface area contributed by atoms with E-state index in [1.54, 1.807) is 0 Å². The van der Waals surface area contributed by atoms with Crippen LogP contribution >= 0.6 is 0 Å². The number of rotatable bonds is 7. The Labute approximate surface area is 192 Å². The summed E-state index contributed by atoms with van der Waals surface area (Å²) in [5.74, 6) is 2.21. The third-order valence-electron chi connectivity index (χ3n) is 6.99. The van der Waals surface area contributed by atoms with Crippen molar-refractivity contribution < 1.29 is 9.53 Å². The fourth-order valence-corrected chi connectivity index (χ4v) is 4.68. The Morgan fingerprint density at radius 2 is 1.78 bits per heavy atom. The number of benzene rings is 1. The van der Waals surface area contributed by atoms with Gasteiger partial charge in [0.2, 0.25) is 5.91 Å². The molecule has 2 saturated heterocycles. The summed E-state index contributed by atoms with van der Waals surface area (Å²) in [4.78, 5) is 24.4. The molecule has 1 aliphatic carbocycles. The van der Waals surface area contributed by atoms with E-state index >= 15 is 0 Å². The van der Waals surface area contributed by atoms with Gasteiger partial charge in [-0.1, -0.05) is 18.2 Å².